The summed E-state index contributed by atoms with van der Waals surface area (Å²) in [5.74, 6) is -0.624. The van der Waals surface area contributed by atoms with E-state index in [9.17, 15) is 22.9 Å². The lowest BCUT2D eigenvalue weighted by molar-refractivity contribution is -0.151. The minimum absolute atomic E-state index is 0.0333. The first-order chi connectivity index (χ1) is 16.8. The van der Waals surface area contributed by atoms with Crippen LogP contribution in [0.15, 0.2) is 65.6 Å². The van der Waals surface area contributed by atoms with E-state index in [4.69, 9.17) is 4.74 Å². The van der Waals surface area contributed by atoms with Crippen LogP contribution < -0.4 is 4.74 Å². The van der Waals surface area contributed by atoms with Crippen molar-refractivity contribution in [2.75, 3.05) is 6.61 Å². The number of hydrogen-bond donors (Lipinski definition) is 1. The Morgan fingerprint density at radius 3 is 2.06 bits per heavy atom. The van der Waals surface area contributed by atoms with Crippen molar-refractivity contribution in [2.24, 2.45) is 5.41 Å². The van der Waals surface area contributed by atoms with Gasteiger partial charge >= 0.3 is 5.97 Å². The number of hydrogen-bond acceptors (Lipinski definition) is 6. The number of esters is 1. The second-order valence-corrected chi connectivity index (χ2v) is 11.2. The van der Waals surface area contributed by atoms with E-state index in [-0.39, 0.29) is 29.1 Å². The SMILES string of the molecule is O=C(Oc1ccc(S(=O)(=O)[O-])c2c1CCCC2)C1(CO)CC2c3ccccc3C1c1ccccc12. The molecule has 2 bridgehead atoms. The molecule has 0 radical (unpaired) electrons. The molecule has 35 heavy (non-hydrogen) atoms. The van der Waals surface area contributed by atoms with Crippen molar-refractivity contribution < 1.29 is 27.6 Å². The highest BCUT2D eigenvalue weighted by molar-refractivity contribution is 7.85. The number of fused-ring (bicyclic) bond motifs is 2. The molecule has 0 aromatic heterocycles. The molecular formula is C28H25O6S-. The van der Waals surface area contributed by atoms with E-state index in [1.54, 1.807) is 0 Å². The lowest BCUT2D eigenvalue weighted by Crippen LogP contribution is -2.50. The van der Waals surface area contributed by atoms with Gasteiger partial charge in [0.05, 0.1) is 11.5 Å². The average Bonchev–Trinajstić information content (AvgIpc) is 2.88. The van der Waals surface area contributed by atoms with Crippen LogP contribution in [0.4, 0.5) is 0 Å². The molecule has 0 spiro atoms. The Hall–Kier alpha value is -3.00. The van der Waals surface area contributed by atoms with Gasteiger partial charge in [0.15, 0.2) is 0 Å². The molecule has 1 N–H and O–H groups in total. The highest BCUT2D eigenvalue weighted by atomic mass is 32.2. The largest absolute Gasteiger partial charge is 0.744 e. The van der Waals surface area contributed by atoms with Crippen LogP contribution in [0.3, 0.4) is 0 Å². The van der Waals surface area contributed by atoms with Crippen LogP contribution in [-0.2, 0) is 27.8 Å². The van der Waals surface area contributed by atoms with Gasteiger partial charge in [0.25, 0.3) is 0 Å². The van der Waals surface area contributed by atoms with Crippen LogP contribution >= 0.6 is 0 Å². The fourth-order valence-corrected chi connectivity index (χ4v) is 7.33. The summed E-state index contributed by atoms with van der Waals surface area (Å²) in [6.45, 7) is -0.370. The summed E-state index contributed by atoms with van der Waals surface area (Å²) in [5, 5.41) is 10.7. The molecule has 0 aliphatic heterocycles. The van der Waals surface area contributed by atoms with Gasteiger partial charge in [0, 0.05) is 11.8 Å². The number of aliphatic hydroxyl groups is 1. The molecule has 1 atom stereocenters. The predicted octanol–water partition coefficient (Wildman–Crippen LogP) is 4.03. The zero-order valence-electron chi connectivity index (χ0n) is 19.1. The normalized spacial score (nSPS) is 24.3. The van der Waals surface area contributed by atoms with Crippen LogP contribution in [0.1, 0.15) is 64.5 Å². The van der Waals surface area contributed by atoms with Gasteiger partial charge in [-0.25, -0.2) is 8.42 Å². The number of aliphatic hydroxyl groups excluding tert-OH is 1. The zero-order valence-corrected chi connectivity index (χ0v) is 19.9. The van der Waals surface area contributed by atoms with E-state index < -0.39 is 21.5 Å². The van der Waals surface area contributed by atoms with Crippen molar-refractivity contribution in [3.63, 3.8) is 0 Å². The average molecular weight is 490 g/mol. The van der Waals surface area contributed by atoms with E-state index in [1.165, 1.54) is 23.3 Å². The van der Waals surface area contributed by atoms with Crippen molar-refractivity contribution in [1.29, 1.82) is 0 Å². The minimum atomic E-state index is -4.63. The first kappa shape index (κ1) is 22.5. The molecular weight excluding hydrogens is 464 g/mol. The van der Waals surface area contributed by atoms with E-state index in [0.29, 0.717) is 30.4 Å². The molecule has 4 aliphatic carbocycles. The molecule has 0 saturated carbocycles. The fourth-order valence-electron chi connectivity index (χ4n) is 6.57. The van der Waals surface area contributed by atoms with Crippen molar-refractivity contribution in [3.05, 3.63) is 94.0 Å². The van der Waals surface area contributed by atoms with Gasteiger partial charge in [0.1, 0.15) is 21.3 Å². The van der Waals surface area contributed by atoms with E-state index in [2.05, 4.69) is 12.1 Å². The quantitative estimate of drug-likeness (QED) is 0.337. The first-order valence-electron chi connectivity index (χ1n) is 12.0. The molecule has 6 nitrogen and oxygen atoms in total. The lowest BCUT2D eigenvalue weighted by atomic mass is 9.52. The van der Waals surface area contributed by atoms with Crippen LogP contribution in [0.2, 0.25) is 0 Å². The third-order valence-electron chi connectivity index (χ3n) is 8.10. The van der Waals surface area contributed by atoms with Crippen molar-refractivity contribution in [1.82, 2.24) is 0 Å². The molecule has 7 heteroatoms. The highest BCUT2D eigenvalue weighted by Gasteiger charge is 2.57. The Labute approximate surface area is 204 Å². The summed E-state index contributed by atoms with van der Waals surface area (Å²) in [7, 11) is -4.63. The third kappa shape index (κ3) is 3.29. The number of ether oxygens (including phenoxy) is 1. The van der Waals surface area contributed by atoms with Crippen molar-refractivity contribution in [3.8, 4) is 5.75 Å². The zero-order chi connectivity index (χ0) is 24.4. The number of carbonyl (C=O) groups is 1. The Kier molecular flexibility index (Phi) is 5.14. The molecule has 1 unspecified atom stereocenters. The van der Waals surface area contributed by atoms with E-state index in [0.717, 1.165) is 24.0 Å². The van der Waals surface area contributed by atoms with Gasteiger partial charge in [-0.2, -0.15) is 0 Å². The topological polar surface area (TPSA) is 104 Å². The van der Waals surface area contributed by atoms with Gasteiger partial charge in [0.2, 0.25) is 0 Å². The smallest absolute Gasteiger partial charge is 0.320 e. The molecule has 3 aromatic rings. The molecule has 0 heterocycles. The second kappa shape index (κ2) is 8.01. The Balaban J connectivity index is 1.45. The number of rotatable bonds is 4. The van der Waals surface area contributed by atoms with E-state index >= 15 is 0 Å². The summed E-state index contributed by atoms with van der Waals surface area (Å²) in [5.41, 5.74) is 4.31. The summed E-state index contributed by atoms with van der Waals surface area (Å²) in [6.07, 6.45) is 3.00. The maximum Gasteiger partial charge on any atom is 0.320 e. The molecule has 3 aromatic carbocycles. The van der Waals surface area contributed by atoms with Crippen LogP contribution in [-0.4, -0.2) is 30.7 Å². The maximum atomic E-state index is 13.9. The maximum absolute atomic E-state index is 13.9. The van der Waals surface area contributed by atoms with Crippen molar-refractivity contribution in [2.45, 2.75) is 48.8 Å². The monoisotopic (exact) mass is 489 g/mol. The Morgan fingerprint density at radius 1 is 0.914 bits per heavy atom. The van der Waals surface area contributed by atoms with Crippen LogP contribution in [0.5, 0.6) is 5.75 Å². The molecule has 0 fully saturated rings. The molecule has 0 saturated heterocycles. The van der Waals surface area contributed by atoms with Crippen LogP contribution in [0, 0.1) is 5.41 Å². The summed E-state index contributed by atoms with van der Waals surface area (Å²) < 4.78 is 41.4. The molecule has 0 amide bonds. The summed E-state index contributed by atoms with van der Waals surface area (Å²) >= 11 is 0. The lowest BCUT2D eigenvalue weighted by Gasteiger charge is -2.51. The molecule has 7 rings (SSSR count). The Bertz CT molecular complexity index is 1410. The van der Waals surface area contributed by atoms with Crippen molar-refractivity contribution >= 4 is 16.1 Å². The first-order valence-corrected chi connectivity index (χ1v) is 13.4. The Morgan fingerprint density at radius 2 is 1.49 bits per heavy atom. The van der Waals surface area contributed by atoms with Gasteiger partial charge in [-0.15, -0.1) is 0 Å². The predicted molar refractivity (Wildman–Crippen MR) is 127 cm³/mol. The summed E-state index contributed by atoms with van der Waals surface area (Å²) in [4.78, 5) is 13.7. The van der Waals surface area contributed by atoms with Crippen LogP contribution in [0.25, 0.3) is 0 Å². The number of benzene rings is 3. The standard InChI is InChI=1S/C28H26O6S/c29-16-28(15-23-17-7-1-5-11-21(17)26(28)22-12-6-2-8-18(22)23)27(30)34-24-13-14-25(35(31,32)33)20-10-4-3-9-19(20)24/h1-2,5-8,11-14,23,26,29H,3-4,9-10,15-16H2,(H,31,32,33)/p-1. The second-order valence-electron chi connectivity index (χ2n) is 9.83. The van der Waals surface area contributed by atoms with Gasteiger partial charge in [-0.1, -0.05) is 48.5 Å². The highest BCUT2D eigenvalue weighted by Crippen LogP contribution is 2.61. The van der Waals surface area contributed by atoms with Gasteiger partial charge in [-0.3, -0.25) is 4.79 Å². The third-order valence-corrected chi connectivity index (χ3v) is 9.02. The molecule has 180 valence electrons. The van der Waals surface area contributed by atoms with Gasteiger partial charge < -0.3 is 14.4 Å². The fraction of sp³-hybridized carbons (Fsp3) is 0.321. The van der Waals surface area contributed by atoms with E-state index in [1.807, 2.05) is 36.4 Å². The minimum Gasteiger partial charge on any atom is -0.744 e. The molecule has 4 aliphatic rings. The number of carbonyl (C=O) groups excluding carboxylic acids is 1. The summed E-state index contributed by atoms with van der Waals surface area (Å²) in [6, 6.07) is 18.8. The van der Waals surface area contributed by atoms with Gasteiger partial charge in [-0.05, 0) is 77.6 Å².